The Labute approximate surface area is 118 Å². The van der Waals surface area contributed by atoms with Gasteiger partial charge in [0.15, 0.2) is 0 Å². The van der Waals surface area contributed by atoms with Gasteiger partial charge in [0.25, 0.3) is 5.91 Å². The molecule has 0 aliphatic carbocycles. The summed E-state index contributed by atoms with van der Waals surface area (Å²) in [5.74, 6) is -0.0949. The molecule has 0 fully saturated rings. The molecular formula is C16H17N3O. The summed E-state index contributed by atoms with van der Waals surface area (Å²) >= 11 is 0. The van der Waals surface area contributed by atoms with Crippen molar-refractivity contribution in [3.8, 4) is 0 Å². The number of nitrogens with one attached hydrogen (secondary N) is 2. The largest absolute Gasteiger partial charge is 0.322 e. The molecule has 4 heteroatoms. The minimum Gasteiger partial charge on any atom is -0.322 e. The molecule has 20 heavy (non-hydrogen) atoms. The molecule has 3 rings (SSSR count). The van der Waals surface area contributed by atoms with Gasteiger partial charge in [0, 0.05) is 24.1 Å². The molecule has 0 saturated heterocycles. The van der Waals surface area contributed by atoms with E-state index in [1.807, 2.05) is 19.1 Å². The van der Waals surface area contributed by atoms with Crippen molar-refractivity contribution < 1.29 is 4.79 Å². The second kappa shape index (κ2) is 5.43. The zero-order valence-electron chi connectivity index (χ0n) is 11.4. The first-order valence-electron chi connectivity index (χ1n) is 6.80. The minimum atomic E-state index is -0.0949. The topological polar surface area (TPSA) is 54.0 Å². The third-order valence-electron chi connectivity index (χ3n) is 3.64. The number of hydrogen-bond acceptors (Lipinski definition) is 3. The number of amides is 1. The number of aryl methyl sites for hydroxylation is 1. The van der Waals surface area contributed by atoms with Crippen LogP contribution in [0.15, 0.2) is 36.5 Å². The Morgan fingerprint density at radius 3 is 3.05 bits per heavy atom. The molecular weight excluding hydrogens is 250 g/mol. The number of carbonyl (C=O) groups is 1. The Kier molecular flexibility index (Phi) is 3.48. The molecule has 1 aliphatic rings. The maximum absolute atomic E-state index is 12.4. The van der Waals surface area contributed by atoms with Gasteiger partial charge in [-0.2, -0.15) is 0 Å². The summed E-state index contributed by atoms with van der Waals surface area (Å²) in [5, 5.41) is 6.36. The molecule has 102 valence electrons. The molecule has 1 aromatic carbocycles. The van der Waals surface area contributed by atoms with Crippen molar-refractivity contribution in [1.82, 2.24) is 10.3 Å². The van der Waals surface area contributed by atoms with E-state index in [4.69, 9.17) is 0 Å². The molecule has 1 aliphatic heterocycles. The molecule has 0 unspecified atom stereocenters. The first-order valence-corrected chi connectivity index (χ1v) is 6.80. The number of hydrogen-bond donors (Lipinski definition) is 2. The Hall–Kier alpha value is -2.20. The summed E-state index contributed by atoms with van der Waals surface area (Å²) in [6.45, 7) is 3.66. The fourth-order valence-corrected chi connectivity index (χ4v) is 2.56. The Morgan fingerprint density at radius 1 is 1.30 bits per heavy atom. The van der Waals surface area contributed by atoms with E-state index in [0.29, 0.717) is 5.56 Å². The summed E-state index contributed by atoms with van der Waals surface area (Å²) < 4.78 is 0. The maximum atomic E-state index is 12.4. The van der Waals surface area contributed by atoms with Crippen LogP contribution < -0.4 is 10.6 Å². The van der Waals surface area contributed by atoms with Crippen LogP contribution in [-0.4, -0.2) is 17.4 Å². The predicted octanol–water partition coefficient (Wildman–Crippen LogP) is 2.29. The van der Waals surface area contributed by atoms with E-state index in [1.165, 1.54) is 11.1 Å². The van der Waals surface area contributed by atoms with Crippen LogP contribution >= 0.6 is 0 Å². The second-order valence-electron chi connectivity index (χ2n) is 4.96. The van der Waals surface area contributed by atoms with E-state index in [9.17, 15) is 4.79 Å². The van der Waals surface area contributed by atoms with Gasteiger partial charge in [-0.05, 0) is 49.2 Å². The van der Waals surface area contributed by atoms with Crippen LogP contribution in [0.5, 0.6) is 0 Å². The third-order valence-corrected chi connectivity index (χ3v) is 3.64. The van der Waals surface area contributed by atoms with Gasteiger partial charge in [-0.1, -0.05) is 12.1 Å². The molecule has 1 amide bonds. The third kappa shape index (κ3) is 2.42. The zero-order chi connectivity index (χ0) is 13.9. The number of benzene rings is 1. The highest BCUT2D eigenvalue weighted by molar-refractivity contribution is 6.05. The summed E-state index contributed by atoms with van der Waals surface area (Å²) in [4.78, 5) is 16.5. The van der Waals surface area contributed by atoms with Gasteiger partial charge in [0.2, 0.25) is 0 Å². The molecule has 0 radical (unpaired) electrons. The van der Waals surface area contributed by atoms with Gasteiger partial charge >= 0.3 is 0 Å². The Balaban J connectivity index is 1.89. The van der Waals surface area contributed by atoms with Crippen molar-refractivity contribution in [2.75, 3.05) is 11.9 Å². The van der Waals surface area contributed by atoms with Gasteiger partial charge in [-0.3, -0.25) is 9.78 Å². The molecule has 0 bridgehead atoms. The van der Waals surface area contributed by atoms with Crippen LogP contribution in [0.3, 0.4) is 0 Å². The van der Waals surface area contributed by atoms with E-state index in [1.54, 1.807) is 18.3 Å². The summed E-state index contributed by atoms with van der Waals surface area (Å²) in [5.41, 5.74) is 4.78. The number of aromatic nitrogens is 1. The van der Waals surface area contributed by atoms with Crippen molar-refractivity contribution >= 4 is 11.6 Å². The molecule has 0 atom stereocenters. The minimum absolute atomic E-state index is 0.0949. The monoisotopic (exact) mass is 267 g/mol. The normalized spacial score (nSPS) is 13.7. The predicted molar refractivity (Wildman–Crippen MR) is 78.8 cm³/mol. The quantitative estimate of drug-likeness (QED) is 0.877. The number of pyridine rings is 1. The van der Waals surface area contributed by atoms with Crippen LogP contribution in [0.25, 0.3) is 0 Å². The highest BCUT2D eigenvalue weighted by Crippen LogP contribution is 2.23. The average molecular weight is 267 g/mol. The summed E-state index contributed by atoms with van der Waals surface area (Å²) in [7, 11) is 0. The van der Waals surface area contributed by atoms with Crippen LogP contribution in [0, 0.1) is 6.92 Å². The number of anilines is 1. The van der Waals surface area contributed by atoms with Crippen LogP contribution in [0.1, 0.15) is 27.2 Å². The SMILES string of the molecule is Cc1ncccc1C(=O)Nc1cccc2c1CCNC2. The fraction of sp³-hybridized carbons (Fsp3) is 0.250. The molecule has 2 heterocycles. The van der Waals surface area contributed by atoms with Crippen molar-refractivity contribution in [2.45, 2.75) is 19.9 Å². The zero-order valence-corrected chi connectivity index (χ0v) is 11.4. The molecule has 0 saturated carbocycles. The van der Waals surface area contributed by atoms with E-state index < -0.39 is 0 Å². The molecule has 2 aromatic rings. The van der Waals surface area contributed by atoms with Gasteiger partial charge in [-0.25, -0.2) is 0 Å². The highest BCUT2D eigenvalue weighted by Gasteiger charge is 2.15. The van der Waals surface area contributed by atoms with Crippen LogP contribution in [0.4, 0.5) is 5.69 Å². The van der Waals surface area contributed by atoms with Crippen LogP contribution in [-0.2, 0) is 13.0 Å². The number of carbonyl (C=O) groups excluding carboxylic acids is 1. The average Bonchev–Trinajstić information content (AvgIpc) is 2.48. The van der Waals surface area contributed by atoms with E-state index in [-0.39, 0.29) is 5.91 Å². The van der Waals surface area contributed by atoms with Crippen molar-refractivity contribution in [3.05, 3.63) is 58.9 Å². The first kappa shape index (κ1) is 12.8. The van der Waals surface area contributed by atoms with Crippen molar-refractivity contribution in [1.29, 1.82) is 0 Å². The molecule has 0 spiro atoms. The molecule has 1 aromatic heterocycles. The summed E-state index contributed by atoms with van der Waals surface area (Å²) in [6.07, 6.45) is 2.64. The lowest BCUT2D eigenvalue weighted by Crippen LogP contribution is -2.25. The lowest BCUT2D eigenvalue weighted by atomic mass is 9.99. The second-order valence-corrected chi connectivity index (χ2v) is 4.96. The number of rotatable bonds is 2. The summed E-state index contributed by atoms with van der Waals surface area (Å²) in [6, 6.07) is 9.64. The number of fused-ring (bicyclic) bond motifs is 1. The van der Waals surface area contributed by atoms with Crippen molar-refractivity contribution in [2.24, 2.45) is 0 Å². The standard InChI is InChI=1S/C16H17N3O/c1-11-13(5-3-8-18-11)16(20)19-15-6-2-4-12-10-17-9-7-14(12)15/h2-6,8,17H,7,9-10H2,1H3,(H,19,20). The van der Waals surface area contributed by atoms with Gasteiger partial charge in [-0.15, -0.1) is 0 Å². The lowest BCUT2D eigenvalue weighted by Gasteiger charge is -2.20. The maximum Gasteiger partial charge on any atom is 0.257 e. The van der Waals surface area contributed by atoms with Crippen molar-refractivity contribution in [3.63, 3.8) is 0 Å². The lowest BCUT2D eigenvalue weighted by molar-refractivity contribution is 0.102. The first-order chi connectivity index (χ1) is 9.75. The number of nitrogens with zero attached hydrogens (tertiary/aromatic N) is 1. The Morgan fingerprint density at radius 2 is 2.20 bits per heavy atom. The van der Waals surface area contributed by atoms with E-state index in [0.717, 1.165) is 30.9 Å². The molecule has 2 N–H and O–H groups in total. The van der Waals surface area contributed by atoms with Gasteiger partial charge in [0.1, 0.15) is 0 Å². The van der Waals surface area contributed by atoms with Gasteiger partial charge < -0.3 is 10.6 Å². The van der Waals surface area contributed by atoms with E-state index in [2.05, 4.69) is 21.7 Å². The highest BCUT2D eigenvalue weighted by atomic mass is 16.1. The smallest absolute Gasteiger partial charge is 0.257 e. The Bertz CT molecular complexity index is 652. The van der Waals surface area contributed by atoms with Crippen LogP contribution in [0.2, 0.25) is 0 Å². The van der Waals surface area contributed by atoms with E-state index >= 15 is 0 Å². The fourth-order valence-electron chi connectivity index (χ4n) is 2.56. The molecule has 4 nitrogen and oxygen atoms in total. The van der Waals surface area contributed by atoms with Gasteiger partial charge in [0.05, 0.1) is 5.56 Å².